The van der Waals surface area contributed by atoms with Crippen molar-refractivity contribution in [1.29, 1.82) is 0 Å². The zero-order chi connectivity index (χ0) is 20.8. The lowest BCUT2D eigenvalue weighted by Crippen LogP contribution is -2.13. The summed E-state index contributed by atoms with van der Waals surface area (Å²) in [5.41, 5.74) is 1.28. The van der Waals surface area contributed by atoms with Crippen molar-refractivity contribution in [2.24, 2.45) is 0 Å². The highest BCUT2D eigenvalue weighted by Crippen LogP contribution is 2.28. The Balaban J connectivity index is 2.24. The third-order valence-electron chi connectivity index (χ3n) is 4.02. The van der Waals surface area contributed by atoms with Crippen LogP contribution in [0.15, 0.2) is 36.4 Å². The summed E-state index contributed by atoms with van der Waals surface area (Å²) in [4.78, 5) is 36.3. The third kappa shape index (κ3) is 4.85. The summed E-state index contributed by atoms with van der Waals surface area (Å²) in [7, 11) is 3.36. The van der Waals surface area contributed by atoms with Crippen molar-refractivity contribution >= 4 is 23.1 Å². The lowest BCUT2D eigenvalue weighted by molar-refractivity contribution is -0.384. The molecule has 2 aromatic rings. The molecule has 2 rings (SSSR count). The molecule has 0 aromatic heterocycles. The number of nitro benzene ring substituents is 1. The topological polar surface area (TPSA) is 99.0 Å². The van der Waals surface area contributed by atoms with Crippen LogP contribution in [0.3, 0.4) is 0 Å². The number of hydrogen-bond donors (Lipinski definition) is 0. The summed E-state index contributed by atoms with van der Waals surface area (Å²) in [6, 6.07) is 9.06. The molecule has 0 atom stereocenters. The Morgan fingerprint density at radius 2 is 1.79 bits per heavy atom. The summed E-state index contributed by atoms with van der Waals surface area (Å²) in [6.07, 6.45) is 0. The summed E-state index contributed by atoms with van der Waals surface area (Å²) < 4.78 is 10.8. The lowest BCUT2D eigenvalue weighted by atomic mass is 10.1. The van der Waals surface area contributed by atoms with Gasteiger partial charge in [-0.2, -0.15) is 0 Å². The van der Waals surface area contributed by atoms with Gasteiger partial charge in [0.15, 0.2) is 5.78 Å². The lowest BCUT2D eigenvalue weighted by Gasteiger charge is -2.14. The van der Waals surface area contributed by atoms with Gasteiger partial charge in [-0.3, -0.25) is 14.9 Å². The molecule has 0 N–H and O–H groups in total. The molecule has 0 aliphatic rings. The maximum Gasteiger partial charge on any atom is 0.338 e. The molecule has 0 fully saturated rings. The molecule has 148 valence electrons. The molecule has 0 aliphatic heterocycles. The minimum atomic E-state index is -0.705. The Morgan fingerprint density at radius 3 is 2.36 bits per heavy atom. The van der Waals surface area contributed by atoms with E-state index in [1.54, 1.807) is 37.2 Å². The predicted molar refractivity (Wildman–Crippen MR) is 104 cm³/mol. The number of esters is 1. The summed E-state index contributed by atoms with van der Waals surface area (Å²) in [5, 5.41) is 11.3. The molecule has 0 saturated carbocycles. The Hall–Kier alpha value is -3.42. The number of carbonyl (C=O) groups is 2. The zero-order valence-electron chi connectivity index (χ0n) is 16.2. The number of nitrogens with zero attached hydrogens (tertiary/aromatic N) is 2. The fourth-order valence-electron chi connectivity index (χ4n) is 2.61. The van der Waals surface area contributed by atoms with Gasteiger partial charge < -0.3 is 14.4 Å². The van der Waals surface area contributed by atoms with E-state index in [4.69, 9.17) is 9.47 Å². The number of Topliss-reactive ketones (excluding diaryl/α,β-unsaturated/α-hetero) is 1. The van der Waals surface area contributed by atoms with Crippen molar-refractivity contribution in [1.82, 2.24) is 0 Å². The number of hydrogen-bond acceptors (Lipinski definition) is 7. The number of ketones is 1. The number of ether oxygens (including phenoxy) is 2. The second kappa shape index (κ2) is 8.98. The van der Waals surface area contributed by atoms with Gasteiger partial charge in [-0.15, -0.1) is 0 Å². The molecule has 0 radical (unpaired) electrons. The molecular formula is C20H22N2O6. The van der Waals surface area contributed by atoms with E-state index in [-0.39, 0.29) is 23.6 Å². The zero-order valence-corrected chi connectivity index (χ0v) is 16.2. The molecule has 0 saturated heterocycles. The van der Waals surface area contributed by atoms with Crippen molar-refractivity contribution in [3.63, 3.8) is 0 Å². The third-order valence-corrected chi connectivity index (χ3v) is 4.02. The first-order valence-corrected chi connectivity index (χ1v) is 8.64. The van der Waals surface area contributed by atoms with Crippen LogP contribution in [0.1, 0.15) is 40.1 Å². The van der Waals surface area contributed by atoms with Gasteiger partial charge in [0.05, 0.1) is 17.1 Å². The standard InChI is InChI=1S/C20H22N2O6/c1-5-27-19-9-7-14(13(2)23)10-16(19)12-28-20(24)15-6-8-17(21(3)4)18(11-15)22(25)26/h6-11H,5,12H2,1-4H3. The molecule has 0 bridgehead atoms. The van der Waals surface area contributed by atoms with Crippen molar-refractivity contribution < 1.29 is 24.0 Å². The van der Waals surface area contributed by atoms with Crippen LogP contribution in [0.2, 0.25) is 0 Å². The van der Waals surface area contributed by atoms with E-state index in [1.165, 1.54) is 25.1 Å². The van der Waals surface area contributed by atoms with Crippen molar-refractivity contribution in [3.8, 4) is 5.75 Å². The van der Waals surface area contributed by atoms with Gasteiger partial charge in [-0.25, -0.2) is 4.79 Å². The maximum atomic E-state index is 12.4. The van der Waals surface area contributed by atoms with Crippen LogP contribution in [-0.2, 0) is 11.3 Å². The molecule has 0 spiro atoms. The molecule has 0 aliphatic carbocycles. The molecule has 8 heteroatoms. The van der Waals surface area contributed by atoms with E-state index < -0.39 is 10.9 Å². The summed E-state index contributed by atoms with van der Waals surface area (Å²) in [5.74, 6) is -0.316. The van der Waals surface area contributed by atoms with Crippen molar-refractivity contribution in [2.45, 2.75) is 20.5 Å². The second-order valence-electron chi connectivity index (χ2n) is 6.24. The number of nitro groups is 1. The number of carbonyl (C=O) groups excluding carboxylic acids is 2. The van der Waals surface area contributed by atoms with Gasteiger partial charge >= 0.3 is 5.97 Å². The van der Waals surface area contributed by atoms with Crippen molar-refractivity contribution in [3.05, 3.63) is 63.2 Å². The van der Waals surface area contributed by atoms with E-state index in [9.17, 15) is 19.7 Å². The Labute approximate surface area is 162 Å². The van der Waals surface area contributed by atoms with Gasteiger partial charge in [-0.1, -0.05) is 0 Å². The Kier molecular flexibility index (Phi) is 6.70. The molecule has 8 nitrogen and oxygen atoms in total. The second-order valence-corrected chi connectivity index (χ2v) is 6.24. The largest absolute Gasteiger partial charge is 0.493 e. The predicted octanol–water partition coefficient (Wildman–Crippen LogP) is 3.62. The van der Waals surface area contributed by atoms with Crippen LogP contribution >= 0.6 is 0 Å². The van der Waals surface area contributed by atoms with Gasteiger partial charge in [-0.05, 0) is 44.2 Å². The maximum absolute atomic E-state index is 12.4. The van der Waals surface area contributed by atoms with Crippen LogP contribution in [0.5, 0.6) is 5.75 Å². The van der Waals surface area contributed by atoms with Gasteiger partial charge in [0.1, 0.15) is 18.0 Å². The molecule has 2 aromatic carbocycles. The molecule has 0 heterocycles. The molecule has 28 heavy (non-hydrogen) atoms. The highest BCUT2D eigenvalue weighted by Gasteiger charge is 2.20. The van der Waals surface area contributed by atoms with E-state index >= 15 is 0 Å². The highest BCUT2D eigenvalue weighted by molar-refractivity contribution is 5.94. The van der Waals surface area contributed by atoms with Crippen LogP contribution < -0.4 is 9.64 Å². The van der Waals surface area contributed by atoms with Crippen LogP contribution in [0.4, 0.5) is 11.4 Å². The molecular weight excluding hydrogens is 364 g/mol. The van der Waals surface area contributed by atoms with E-state index in [2.05, 4.69) is 0 Å². The van der Waals surface area contributed by atoms with E-state index in [1.807, 2.05) is 6.92 Å². The molecule has 0 amide bonds. The first kappa shape index (κ1) is 20.9. The average Bonchev–Trinajstić information content (AvgIpc) is 2.66. The fourth-order valence-corrected chi connectivity index (χ4v) is 2.61. The Morgan fingerprint density at radius 1 is 1.11 bits per heavy atom. The number of rotatable bonds is 8. The normalized spacial score (nSPS) is 10.3. The first-order valence-electron chi connectivity index (χ1n) is 8.64. The Bertz CT molecular complexity index is 908. The van der Waals surface area contributed by atoms with Gasteiger partial charge in [0.2, 0.25) is 0 Å². The number of anilines is 1. The minimum absolute atomic E-state index is 0.0676. The van der Waals surface area contributed by atoms with Crippen molar-refractivity contribution in [2.75, 3.05) is 25.6 Å². The van der Waals surface area contributed by atoms with E-state index in [0.29, 0.717) is 29.2 Å². The quantitative estimate of drug-likeness (QED) is 0.296. The highest BCUT2D eigenvalue weighted by atomic mass is 16.6. The van der Waals surface area contributed by atoms with E-state index in [0.717, 1.165) is 0 Å². The van der Waals surface area contributed by atoms with Crippen LogP contribution in [-0.4, -0.2) is 37.4 Å². The monoisotopic (exact) mass is 386 g/mol. The van der Waals surface area contributed by atoms with Gasteiger partial charge in [0.25, 0.3) is 5.69 Å². The first-order chi connectivity index (χ1) is 13.2. The fraction of sp³-hybridized carbons (Fsp3) is 0.300. The van der Waals surface area contributed by atoms with Gasteiger partial charge in [0, 0.05) is 31.3 Å². The number of benzene rings is 2. The SMILES string of the molecule is CCOc1ccc(C(C)=O)cc1COC(=O)c1ccc(N(C)C)c([N+](=O)[O-])c1. The average molecular weight is 386 g/mol. The smallest absolute Gasteiger partial charge is 0.338 e. The minimum Gasteiger partial charge on any atom is -0.493 e. The summed E-state index contributed by atoms with van der Waals surface area (Å²) in [6.45, 7) is 3.55. The molecule has 0 unspecified atom stereocenters. The summed E-state index contributed by atoms with van der Waals surface area (Å²) >= 11 is 0. The van der Waals surface area contributed by atoms with Crippen LogP contribution in [0, 0.1) is 10.1 Å². The van der Waals surface area contributed by atoms with Crippen LogP contribution in [0.25, 0.3) is 0 Å².